The van der Waals surface area contributed by atoms with E-state index < -0.39 is 6.10 Å². The van der Waals surface area contributed by atoms with Crippen LogP contribution < -0.4 is 9.47 Å². The number of nitrogens with zero attached hydrogens (tertiary/aromatic N) is 1. The van der Waals surface area contributed by atoms with Gasteiger partial charge in [-0.2, -0.15) is 0 Å². The van der Waals surface area contributed by atoms with Crippen LogP contribution in [0.5, 0.6) is 11.5 Å². The number of Topliss-reactive ketones (excluding diaryl/α,β-unsaturated/α-hetero) is 1. The molecule has 0 N–H and O–H groups in total. The number of carbonyl (C=O) groups is 2. The van der Waals surface area contributed by atoms with E-state index in [-0.39, 0.29) is 17.2 Å². The quantitative estimate of drug-likeness (QED) is 0.294. The molecular weight excluding hydrogens is 445 g/mol. The van der Waals surface area contributed by atoms with Gasteiger partial charge in [0, 0.05) is 28.9 Å². The maximum atomic E-state index is 12.8. The largest absolute Gasteiger partial charge is 0.477 e. The van der Waals surface area contributed by atoms with Crippen LogP contribution in [0.4, 0.5) is 0 Å². The topological polar surface area (TPSA) is 55.8 Å². The maximum Gasteiger partial charge on any atom is 0.311 e. The van der Waals surface area contributed by atoms with Gasteiger partial charge in [-0.15, -0.1) is 0 Å². The molecule has 1 unspecified atom stereocenters. The molecule has 0 bridgehead atoms. The third-order valence-corrected chi connectivity index (χ3v) is 7.59. The van der Waals surface area contributed by atoms with E-state index in [1.54, 1.807) is 6.92 Å². The van der Waals surface area contributed by atoms with Crippen molar-refractivity contribution in [2.45, 2.75) is 50.2 Å². The van der Waals surface area contributed by atoms with Gasteiger partial charge in [0.1, 0.15) is 0 Å². The number of carbonyl (C=O) groups excluding carboxylic acids is 2. The van der Waals surface area contributed by atoms with E-state index in [0.29, 0.717) is 36.3 Å². The Bertz CT molecular complexity index is 777. The Hall–Kier alpha value is -1.15. The Labute approximate surface area is 167 Å². The molecule has 3 aliphatic rings. The highest BCUT2D eigenvalue weighted by atomic mass is 127. The number of likely N-dealkylation sites (N-methyl/N-ethyl adjacent to an activating group) is 1. The second-order valence-corrected chi connectivity index (χ2v) is 8.54. The number of hydrogen-bond donors (Lipinski definition) is 0. The number of esters is 1. The predicted octanol–water partition coefficient (Wildman–Crippen LogP) is 2.90. The highest BCUT2D eigenvalue weighted by Gasteiger charge is 2.63. The number of ketones is 1. The van der Waals surface area contributed by atoms with Crippen molar-refractivity contribution in [1.82, 2.24) is 4.90 Å². The summed E-state index contributed by atoms with van der Waals surface area (Å²) in [5.41, 5.74) is 2.03. The molecule has 140 valence electrons. The van der Waals surface area contributed by atoms with E-state index in [4.69, 9.17) is 9.47 Å². The Morgan fingerprint density at radius 3 is 2.85 bits per heavy atom. The lowest BCUT2D eigenvalue weighted by atomic mass is 9.55. The Balaban J connectivity index is 1.92. The minimum absolute atomic E-state index is 0.173. The second-order valence-electron chi connectivity index (χ2n) is 7.77. The predicted molar refractivity (Wildman–Crippen MR) is 106 cm³/mol. The maximum absolute atomic E-state index is 12.8. The van der Waals surface area contributed by atoms with E-state index in [1.165, 1.54) is 5.56 Å². The van der Waals surface area contributed by atoms with Gasteiger partial charge < -0.3 is 14.4 Å². The number of hydrogen-bond acceptors (Lipinski definition) is 5. The van der Waals surface area contributed by atoms with E-state index in [0.717, 1.165) is 22.8 Å². The minimum atomic E-state index is -0.462. The number of halogens is 1. The van der Waals surface area contributed by atoms with Crippen molar-refractivity contribution in [3.8, 4) is 11.5 Å². The van der Waals surface area contributed by atoms with Gasteiger partial charge in [0.05, 0.1) is 5.41 Å². The van der Waals surface area contributed by atoms with Crippen molar-refractivity contribution in [1.29, 1.82) is 0 Å². The van der Waals surface area contributed by atoms with Crippen LogP contribution >= 0.6 is 22.6 Å². The average Bonchev–Trinajstić information content (AvgIpc) is 3.00. The van der Waals surface area contributed by atoms with Crippen LogP contribution in [0.2, 0.25) is 0 Å². The van der Waals surface area contributed by atoms with Crippen molar-refractivity contribution in [2.75, 3.05) is 18.5 Å². The van der Waals surface area contributed by atoms with Crippen molar-refractivity contribution in [3.63, 3.8) is 0 Å². The SMILES string of the molecule is CCC(=O)Oc1ccc2c3c1O[C@H]1C(=O)CCC([C@H](N(C)C)C2)[C@@]31CI. The smallest absolute Gasteiger partial charge is 0.311 e. The van der Waals surface area contributed by atoms with Gasteiger partial charge in [-0.1, -0.05) is 35.6 Å². The molecular formula is C20H24INO4. The molecule has 0 aromatic heterocycles. The molecule has 1 fully saturated rings. The molecule has 4 atom stereocenters. The van der Waals surface area contributed by atoms with E-state index in [9.17, 15) is 9.59 Å². The number of ether oxygens (including phenoxy) is 2. The summed E-state index contributed by atoms with van der Waals surface area (Å²) < 4.78 is 12.6. The first-order valence-corrected chi connectivity index (χ1v) is 10.7. The summed E-state index contributed by atoms with van der Waals surface area (Å²) in [5, 5.41) is 0. The van der Waals surface area contributed by atoms with Crippen molar-refractivity contribution < 1.29 is 19.1 Å². The zero-order valence-corrected chi connectivity index (χ0v) is 17.5. The lowest BCUT2D eigenvalue weighted by Gasteiger charge is -2.51. The monoisotopic (exact) mass is 469 g/mol. The summed E-state index contributed by atoms with van der Waals surface area (Å²) in [5.74, 6) is 1.34. The summed E-state index contributed by atoms with van der Waals surface area (Å²) in [4.78, 5) is 27.0. The number of benzene rings is 1. The third kappa shape index (κ3) is 2.37. The first kappa shape index (κ1) is 18.2. The molecule has 1 aromatic carbocycles. The molecule has 1 heterocycles. The normalized spacial score (nSPS) is 31.6. The second kappa shape index (κ2) is 6.48. The molecule has 0 amide bonds. The van der Waals surface area contributed by atoms with Crippen LogP contribution in [0, 0.1) is 5.92 Å². The van der Waals surface area contributed by atoms with Crippen LogP contribution in [-0.2, 0) is 21.4 Å². The molecule has 4 rings (SSSR count). The van der Waals surface area contributed by atoms with Gasteiger partial charge in [0.2, 0.25) is 0 Å². The van der Waals surface area contributed by atoms with Crippen LogP contribution in [0.1, 0.15) is 37.3 Å². The molecule has 0 spiro atoms. The minimum Gasteiger partial charge on any atom is -0.477 e. The Morgan fingerprint density at radius 1 is 1.42 bits per heavy atom. The molecule has 6 heteroatoms. The van der Waals surface area contributed by atoms with Gasteiger partial charge in [-0.25, -0.2) is 0 Å². The average molecular weight is 469 g/mol. The van der Waals surface area contributed by atoms with Crippen LogP contribution in [0.25, 0.3) is 0 Å². The zero-order chi connectivity index (χ0) is 18.6. The molecule has 1 saturated carbocycles. The van der Waals surface area contributed by atoms with Gasteiger partial charge in [-0.3, -0.25) is 9.59 Å². The van der Waals surface area contributed by atoms with E-state index in [1.807, 2.05) is 6.07 Å². The summed E-state index contributed by atoms with van der Waals surface area (Å²) >= 11 is 2.41. The van der Waals surface area contributed by atoms with E-state index in [2.05, 4.69) is 47.7 Å². The summed E-state index contributed by atoms with van der Waals surface area (Å²) in [7, 11) is 4.24. The molecule has 5 nitrogen and oxygen atoms in total. The summed E-state index contributed by atoms with van der Waals surface area (Å²) in [6.07, 6.45) is 2.23. The third-order valence-electron chi connectivity index (χ3n) is 6.32. The zero-order valence-electron chi connectivity index (χ0n) is 15.4. The standard InChI is InChI=1S/C20H24INO4/c1-4-16(24)25-15-8-5-11-9-13(22(2)3)12-6-7-14(23)19-20(12,10-21)17(11)18(15)26-19/h5,8,12-13,19H,4,6-7,9-10H2,1-3H3/t12?,13-,19+,20+/m1/s1. The molecule has 0 radical (unpaired) electrons. The fourth-order valence-electron chi connectivity index (χ4n) is 5.13. The highest BCUT2D eigenvalue weighted by Crippen LogP contribution is 2.60. The summed E-state index contributed by atoms with van der Waals surface area (Å²) in [6.45, 7) is 1.77. The highest BCUT2D eigenvalue weighted by molar-refractivity contribution is 14.1. The summed E-state index contributed by atoms with van der Waals surface area (Å²) in [6, 6.07) is 4.27. The first-order chi connectivity index (χ1) is 12.4. The molecule has 26 heavy (non-hydrogen) atoms. The van der Waals surface area contributed by atoms with Crippen LogP contribution in [0.15, 0.2) is 12.1 Å². The Morgan fingerprint density at radius 2 is 2.19 bits per heavy atom. The van der Waals surface area contributed by atoms with Gasteiger partial charge in [0.25, 0.3) is 0 Å². The fraction of sp³-hybridized carbons (Fsp3) is 0.600. The van der Waals surface area contributed by atoms with Crippen molar-refractivity contribution >= 4 is 34.3 Å². The van der Waals surface area contributed by atoms with Crippen LogP contribution in [-0.4, -0.2) is 47.3 Å². The molecule has 2 aliphatic carbocycles. The number of alkyl halides is 1. The van der Waals surface area contributed by atoms with Crippen molar-refractivity contribution in [3.05, 3.63) is 23.3 Å². The van der Waals surface area contributed by atoms with E-state index >= 15 is 0 Å². The van der Waals surface area contributed by atoms with Crippen molar-refractivity contribution in [2.24, 2.45) is 5.92 Å². The number of rotatable bonds is 4. The lowest BCUT2D eigenvalue weighted by Crippen LogP contribution is -2.61. The van der Waals surface area contributed by atoms with Gasteiger partial charge >= 0.3 is 5.97 Å². The lowest BCUT2D eigenvalue weighted by molar-refractivity contribution is -0.134. The van der Waals surface area contributed by atoms with Gasteiger partial charge in [0.15, 0.2) is 23.4 Å². The molecule has 1 aromatic rings. The van der Waals surface area contributed by atoms with Gasteiger partial charge in [-0.05, 0) is 44.5 Å². The van der Waals surface area contributed by atoms with Crippen LogP contribution in [0.3, 0.4) is 0 Å². The fourth-order valence-corrected chi connectivity index (χ4v) is 6.48. The molecule has 1 aliphatic heterocycles. The first-order valence-electron chi connectivity index (χ1n) is 9.22. The molecule has 0 saturated heterocycles. The Kier molecular flexibility index (Phi) is 4.54.